The van der Waals surface area contributed by atoms with Gasteiger partial charge >= 0.3 is 6.03 Å². The third kappa shape index (κ3) is 4.29. The zero-order chi connectivity index (χ0) is 15.1. The molecular formula is C16H23N3O2. The first kappa shape index (κ1) is 15.5. The lowest BCUT2D eigenvalue weighted by Crippen LogP contribution is -2.47. The van der Waals surface area contributed by atoms with E-state index in [9.17, 15) is 9.59 Å². The summed E-state index contributed by atoms with van der Waals surface area (Å²) in [5.41, 5.74) is 0.932. The Hall–Kier alpha value is -1.88. The summed E-state index contributed by atoms with van der Waals surface area (Å²) in [4.78, 5) is 26.3. The van der Waals surface area contributed by atoms with Gasteiger partial charge in [0.25, 0.3) is 0 Å². The van der Waals surface area contributed by atoms with Crippen molar-refractivity contribution in [1.29, 1.82) is 0 Å². The average molecular weight is 289 g/mol. The summed E-state index contributed by atoms with van der Waals surface area (Å²) in [6, 6.07) is 8.83. The van der Waals surface area contributed by atoms with Gasteiger partial charge in [0.2, 0.25) is 5.91 Å². The van der Waals surface area contributed by atoms with Crippen LogP contribution in [0.3, 0.4) is 0 Å². The number of nitrogens with one attached hydrogen (secondary N) is 2. The molecule has 1 saturated heterocycles. The van der Waals surface area contributed by atoms with E-state index in [2.05, 4.69) is 15.5 Å². The minimum absolute atomic E-state index is 0.256. The van der Waals surface area contributed by atoms with E-state index in [4.69, 9.17) is 0 Å². The molecule has 1 fully saturated rings. The van der Waals surface area contributed by atoms with E-state index in [1.54, 1.807) is 0 Å². The predicted molar refractivity (Wildman–Crippen MR) is 81.8 cm³/mol. The molecule has 1 atom stereocenters. The molecule has 1 aromatic carbocycles. The van der Waals surface area contributed by atoms with Crippen molar-refractivity contribution in [3.8, 4) is 0 Å². The molecule has 3 amide bonds. The summed E-state index contributed by atoms with van der Waals surface area (Å²) in [7, 11) is 0. The zero-order valence-electron chi connectivity index (χ0n) is 12.5. The summed E-state index contributed by atoms with van der Waals surface area (Å²) >= 11 is 0. The Kier molecular flexibility index (Phi) is 5.75. The molecule has 0 radical (unpaired) electrons. The molecule has 1 aromatic rings. The minimum atomic E-state index is -0.430. The van der Waals surface area contributed by atoms with E-state index in [1.807, 2.05) is 37.3 Å². The maximum absolute atomic E-state index is 12.5. The highest BCUT2D eigenvalue weighted by Crippen LogP contribution is 2.24. The van der Waals surface area contributed by atoms with Crippen molar-refractivity contribution in [2.75, 3.05) is 19.6 Å². The molecule has 114 valence electrons. The maximum Gasteiger partial charge on any atom is 0.321 e. The van der Waals surface area contributed by atoms with Crippen LogP contribution < -0.4 is 10.6 Å². The first-order valence-corrected chi connectivity index (χ1v) is 7.60. The quantitative estimate of drug-likeness (QED) is 0.892. The molecule has 2 N–H and O–H groups in total. The van der Waals surface area contributed by atoms with Gasteiger partial charge in [-0.2, -0.15) is 0 Å². The molecule has 1 unspecified atom stereocenters. The van der Waals surface area contributed by atoms with Gasteiger partial charge in [0.1, 0.15) is 6.04 Å². The molecule has 1 aliphatic rings. The van der Waals surface area contributed by atoms with Crippen LogP contribution in [-0.4, -0.2) is 36.5 Å². The van der Waals surface area contributed by atoms with Gasteiger partial charge in [-0.3, -0.25) is 15.0 Å². The Morgan fingerprint density at radius 1 is 1.14 bits per heavy atom. The minimum Gasteiger partial charge on any atom is -0.338 e. The van der Waals surface area contributed by atoms with Gasteiger partial charge in [-0.25, -0.2) is 4.79 Å². The van der Waals surface area contributed by atoms with E-state index in [0.29, 0.717) is 6.54 Å². The van der Waals surface area contributed by atoms with Crippen molar-refractivity contribution in [3.05, 3.63) is 35.9 Å². The van der Waals surface area contributed by atoms with Crippen molar-refractivity contribution in [3.63, 3.8) is 0 Å². The maximum atomic E-state index is 12.5. The van der Waals surface area contributed by atoms with Crippen LogP contribution in [0, 0.1) is 0 Å². The monoisotopic (exact) mass is 289 g/mol. The lowest BCUT2D eigenvalue weighted by atomic mass is 10.0. The Labute approximate surface area is 125 Å². The molecule has 21 heavy (non-hydrogen) atoms. The topological polar surface area (TPSA) is 61.4 Å². The zero-order valence-corrected chi connectivity index (χ0v) is 12.5. The number of carbonyl (C=O) groups is 2. The van der Waals surface area contributed by atoms with E-state index in [1.165, 1.54) is 6.42 Å². The number of rotatable bonds is 4. The van der Waals surface area contributed by atoms with Gasteiger partial charge < -0.3 is 5.32 Å². The van der Waals surface area contributed by atoms with Crippen molar-refractivity contribution in [2.24, 2.45) is 0 Å². The van der Waals surface area contributed by atoms with Crippen LogP contribution in [0.5, 0.6) is 0 Å². The molecule has 5 nitrogen and oxygen atoms in total. The van der Waals surface area contributed by atoms with E-state index in [0.717, 1.165) is 31.5 Å². The Morgan fingerprint density at radius 2 is 1.81 bits per heavy atom. The highest BCUT2D eigenvalue weighted by atomic mass is 16.2. The summed E-state index contributed by atoms with van der Waals surface area (Å²) in [5.74, 6) is -0.256. The van der Waals surface area contributed by atoms with E-state index in [-0.39, 0.29) is 5.91 Å². The van der Waals surface area contributed by atoms with E-state index < -0.39 is 12.1 Å². The molecular weight excluding hydrogens is 266 g/mol. The van der Waals surface area contributed by atoms with Gasteiger partial charge in [0.15, 0.2) is 0 Å². The number of imide groups is 1. The first-order chi connectivity index (χ1) is 10.2. The van der Waals surface area contributed by atoms with Crippen molar-refractivity contribution >= 4 is 11.9 Å². The van der Waals surface area contributed by atoms with Crippen LogP contribution in [0.1, 0.15) is 37.8 Å². The standard InChI is InChI=1S/C16H23N3O2/c1-2-17-16(21)18-15(20)14(13-9-5-3-6-10-13)19-11-7-4-8-12-19/h3,5-6,9-10,14H,2,4,7-8,11-12H2,1H3,(H2,17,18,20,21). The molecule has 0 saturated carbocycles. The second kappa shape index (κ2) is 7.78. The van der Waals surface area contributed by atoms with Crippen molar-refractivity contribution < 1.29 is 9.59 Å². The largest absolute Gasteiger partial charge is 0.338 e. The summed E-state index contributed by atoms with van der Waals surface area (Å²) < 4.78 is 0. The lowest BCUT2D eigenvalue weighted by molar-refractivity contribution is -0.126. The van der Waals surface area contributed by atoms with Crippen LogP contribution in [0.4, 0.5) is 4.79 Å². The molecule has 1 heterocycles. The van der Waals surface area contributed by atoms with Crippen LogP contribution in [0.2, 0.25) is 0 Å². The smallest absolute Gasteiger partial charge is 0.321 e. The molecule has 0 spiro atoms. The van der Waals surface area contributed by atoms with Crippen molar-refractivity contribution in [2.45, 2.75) is 32.2 Å². The number of nitrogens with zero attached hydrogens (tertiary/aromatic N) is 1. The van der Waals surface area contributed by atoms with Gasteiger partial charge in [0.05, 0.1) is 0 Å². The summed E-state index contributed by atoms with van der Waals surface area (Å²) in [6.45, 7) is 4.10. The number of carbonyl (C=O) groups excluding carboxylic acids is 2. The Bertz CT molecular complexity index is 470. The Balaban J connectivity index is 2.15. The average Bonchev–Trinajstić information content (AvgIpc) is 2.50. The molecule has 0 aliphatic carbocycles. The van der Waals surface area contributed by atoms with Crippen LogP contribution >= 0.6 is 0 Å². The molecule has 2 rings (SSSR count). The number of urea groups is 1. The third-order valence-electron chi connectivity index (χ3n) is 3.69. The van der Waals surface area contributed by atoms with Crippen LogP contribution in [0.15, 0.2) is 30.3 Å². The number of amides is 3. The Morgan fingerprint density at radius 3 is 2.43 bits per heavy atom. The number of hydrogen-bond acceptors (Lipinski definition) is 3. The highest BCUT2D eigenvalue weighted by Gasteiger charge is 2.29. The summed E-state index contributed by atoms with van der Waals surface area (Å²) in [6.07, 6.45) is 3.39. The van der Waals surface area contributed by atoms with Crippen molar-refractivity contribution in [1.82, 2.24) is 15.5 Å². The number of likely N-dealkylation sites (tertiary alicyclic amines) is 1. The number of hydrogen-bond donors (Lipinski definition) is 2. The fourth-order valence-electron chi connectivity index (χ4n) is 2.72. The second-order valence-corrected chi connectivity index (χ2v) is 5.26. The molecule has 0 aromatic heterocycles. The molecule has 1 aliphatic heterocycles. The summed E-state index contributed by atoms with van der Waals surface area (Å²) in [5, 5.41) is 5.04. The molecule has 0 bridgehead atoms. The fraction of sp³-hybridized carbons (Fsp3) is 0.500. The molecule has 5 heteroatoms. The van der Waals surface area contributed by atoms with Crippen LogP contribution in [0.25, 0.3) is 0 Å². The number of piperidine rings is 1. The first-order valence-electron chi connectivity index (χ1n) is 7.60. The lowest BCUT2D eigenvalue weighted by Gasteiger charge is -2.33. The number of benzene rings is 1. The van der Waals surface area contributed by atoms with Gasteiger partial charge in [-0.15, -0.1) is 0 Å². The SMILES string of the molecule is CCNC(=O)NC(=O)C(c1ccccc1)N1CCCCC1. The van der Waals surface area contributed by atoms with Gasteiger partial charge in [0, 0.05) is 6.54 Å². The normalized spacial score (nSPS) is 17.0. The highest BCUT2D eigenvalue weighted by molar-refractivity contribution is 5.97. The fourth-order valence-corrected chi connectivity index (χ4v) is 2.72. The third-order valence-corrected chi connectivity index (χ3v) is 3.69. The second-order valence-electron chi connectivity index (χ2n) is 5.26. The van der Waals surface area contributed by atoms with Crippen LogP contribution in [-0.2, 0) is 4.79 Å². The predicted octanol–water partition coefficient (Wildman–Crippen LogP) is 2.06. The van der Waals surface area contributed by atoms with E-state index >= 15 is 0 Å². The van der Waals surface area contributed by atoms with Gasteiger partial charge in [-0.1, -0.05) is 36.8 Å². The van der Waals surface area contributed by atoms with Gasteiger partial charge in [-0.05, 0) is 38.4 Å².